The standard InChI is InChI=1S/C10H23N2/c1-4-6-11-7-9-12(3,5-2)10-8-11/h4-10H2,1-3H3/q+1. The van der Waals surface area contributed by atoms with Crippen LogP contribution in [0.1, 0.15) is 20.3 Å². The van der Waals surface area contributed by atoms with Crippen LogP contribution in [0.4, 0.5) is 0 Å². The Kier molecular flexibility index (Phi) is 3.53. The summed E-state index contributed by atoms with van der Waals surface area (Å²) in [4.78, 5) is 2.59. The van der Waals surface area contributed by atoms with E-state index in [0.29, 0.717) is 0 Å². The van der Waals surface area contributed by atoms with E-state index < -0.39 is 0 Å². The number of hydrogen-bond donors (Lipinski definition) is 0. The monoisotopic (exact) mass is 171 g/mol. The van der Waals surface area contributed by atoms with Crippen molar-refractivity contribution in [2.75, 3.05) is 46.3 Å². The van der Waals surface area contributed by atoms with Crippen molar-refractivity contribution in [3.8, 4) is 0 Å². The van der Waals surface area contributed by atoms with E-state index in [-0.39, 0.29) is 0 Å². The van der Waals surface area contributed by atoms with E-state index >= 15 is 0 Å². The molecule has 0 bridgehead atoms. The lowest BCUT2D eigenvalue weighted by atomic mass is 10.2. The van der Waals surface area contributed by atoms with Crippen molar-refractivity contribution >= 4 is 0 Å². The molecule has 0 spiro atoms. The molecular formula is C10H23N2+. The summed E-state index contributed by atoms with van der Waals surface area (Å²) in [5.74, 6) is 0. The van der Waals surface area contributed by atoms with Gasteiger partial charge in [0.05, 0.1) is 26.7 Å². The van der Waals surface area contributed by atoms with E-state index in [2.05, 4.69) is 25.8 Å². The van der Waals surface area contributed by atoms with Gasteiger partial charge in [-0.25, -0.2) is 0 Å². The third kappa shape index (κ3) is 2.46. The maximum absolute atomic E-state index is 2.59. The van der Waals surface area contributed by atoms with Gasteiger partial charge in [0.1, 0.15) is 0 Å². The molecule has 1 aliphatic heterocycles. The molecule has 0 amide bonds. The van der Waals surface area contributed by atoms with Gasteiger partial charge in [-0.3, -0.25) is 4.90 Å². The molecule has 2 nitrogen and oxygen atoms in total. The van der Waals surface area contributed by atoms with Gasteiger partial charge >= 0.3 is 0 Å². The normalized spacial score (nSPS) is 24.2. The molecular weight excluding hydrogens is 148 g/mol. The fourth-order valence-corrected chi connectivity index (χ4v) is 1.85. The maximum atomic E-state index is 2.59. The zero-order chi connectivity index (χ0) is 9.03. The Labute approximate surface area is 76.7 Å². The summed E-state index contributed by atoms with van der Waals surface area (Å²) >= 11 is 0. The Balaban J connectivity index is 2.29. The van der Waals surface area contributed by atoms with Crippen LogP contribution in [0, 0.1) is 0 Å². The van der Waals surface area contributed by atoms with Crippen molar-refractivity contribution in [3.63, 3.8) is 0 Å². The first-order chi connectivity index (χ1) is 5.70. The van der Waals surface area contributed by atoms with Crippen molar-refractivity contribution in [2.24, 2.45) is 0 Å². The summed E-state index contributed by atoms with van der Waals surface area (Å²) < 4.78 is 1.28. The summed E-state index contributed by atoms with van der Waals surface area (Å²) in [6.45, 7) is 12.4. The zero-order valence-corrected chi connectivity index (χ0v) is 8.84. The van der Waals surface area contributed by atoms with Gasteiger partial charge in [-0.05, 0) is 19.9 Å². The van der Waals surface area contributed by atoms with Crippen molar-refractivity contribution in [1.82, 2.24) is 4.90 Å². The Bertz CT molecular complexity index is 126. The second-order valence-electron chi connectivity index (χ2n) is 4.22. The Morgan fingerprint density at radius 2 is 1.75 bits per heavy atom. The molecule has 0 radical (unpaired) electrons. The number of quaternary nitrogens is 1. The van der Waals surface area contributed by atoms with Gasteiger partial charge in [0, 0.05) is 13.1 Å². The lowest BCUT2D eigenvalue weighted by Gasteiger charge is -2.41. The van der Waals surface area contributed by atoms with Crippen LogP contribution < -0.4 is 0 Å². The van der Waals surface area contributed by atoms with Crippen LogP contribution in [0.5, 0.6) is 0 Å². The molecule has 0 aliphatic carbocycles. The van der Waals surface area contributed by atoms with Crippen molar-refractivity contribution in [2.45, 2.75) is 20.3 Å². The molecule has 0 saturated carbocycles. The number of rotatable bonds is 3. The first kappa shape index (κ1) is 10.0. The number of hydrogen-bond acceptors (Lipinski definition) is 1. The van der Waals surface area contributed by atoms with E-state index in [1.807, 2.05) is 0 Å². The summed E-state index contributed by atoms with van der Waals surface area (Å²) in [5.41, 5.74) is 0. The highest BCUT2D eigenvalue weighted by Crippen LogP contribution is 2.09. The van der Waals surface area contributed by atoms with E-state index in [1.165, 1.54) is 50.2 Å². The third-order valence-electron chi connectivity index (χ3n) is 3.22. The van der Waals surface area contributed by atoms with Crippen molar-refractivity contribution < 1.29 is 4.48 Å². The SMILES string of the molecule is CCCN1CC[N+](C)(CC)CC1. The van der Waals surface area contributed by atoms with Crippen LogP contribution in [0.2, 0.25) is 0 Å². The van der Waals surface area contributed by atoms with Gasteiger partial charge in [0.2, 0.25) is 0 Å². The minimum atomic E-state index is 1.28. The topological polar surface area (TPSA) is 3.24 Å². The van der Waals surface area contributed by atoms with Crippen LogP contribution in [-0.4, -0.2) is 55.7 Å². The lowest BCUT2D eigenvalue weighted by Crippen LogP contribution is -2.57. The predicted octanol–water partition coefficient (Wildman–Crippen LogP) is 1.18. The molecule has 0 atom stereocenters. The third-order valence-corrected chi connectivity index (χ3v) is 3.22. The molecule has 12 heavy (non-hydrogen) atoms. The van der Waals surface area contributed by atoms with Crippen molar-refractivity contribution in [1.29, 1.82) is 0 Å². The molecule has 0 unspecified atom stereocenters. The first-order valence-corrected chi connectivity index (χ1v) is 5.26. The zero-order valence-electron chi connectivity index (χ0n) is 8.84. The van der Waals surface area contributed by atoms with Crippen LogP contribution in [0.25, 0.3) is 0 Å². The van der Waals surface area contributed by atoms with E-state index in [1.54, 1.807) is 0 Å². The predicted molar refractivity (Wildman–Crippen MR) is 53.2 cm³/mol. The van der Waals surface area contributed by atoms with Gasteiger partial charge in [-0.2, -0.15) is 0 Å². The van der Waals surface area contributed by atoms with Crippen LogP contribution in [0.15, 0.2) is 0 Å². The lowest BCUT2D eigenvalue weighted by molar-refractivity contribution is -0.911. The summed E-state index contributed by atoms with van der Waals surface area (Å²) in [6, 6.07) is 0. The highest BCUT2D eigenvalue weighted by atomic mass is 15.4. The Hall–Kier alpha value is -0.0800. The highest BCUT2D eigenvalue weighted by Gasteiger charge is 2.25. The summed E-state index contributed by atoms with van der Waals surface area (Å²) in [6.07, 6.45) is 1.30. The average Bonchev–Trinajstić information content (AvgIpc) is 2.10. The Morgan fingerprint density at radius 1 is 1.17 bits per heavy atom. The molecule has 1 saturated heterocycles. The molecule has 1 heterocycles. The fraction of sp³-hybridized carbons (Fsp3) is 1.00. The van der Waals surface area contributed by atoms with Gasteiger partial charge in [-0.15, -0.1) is 0 Å². The Morgan fingerprint density at radius 3 is 2.17 bits per heavy atom. The molecule has 0 aromatic rings. The average molecular weight is 171 g/mol. The molecule has 72 valence electrons. The van der Waals surface area contributed by atoms with Crippen LogP contribution >= 0.6 is 0 Å². The van der Waals surface area contributed by atoms with Gasteiger partial charge < -0.3 is 4.48 Å². The molecule has 0 aromatic heterocycles. The smallest absolute Gasteiger partial charge is 0.0914 e. The quantitative estimate of drug-likeness (QED) is 0.576. The fourth-order valence-electron chi connectivity index (χ4n) is 1.85. The van der Waals surface area contributed by atoms with Crippen molar-refractivity contribution in [3.05, 3.63) is 0 Å². The van der Waals surface area contributed by atoms with Crippen LogP contribution in [-0.2, 0) is 0 Å². The summed E-state index contributed by atoms with van der Waals surface area (Å²) in [7, 11) is 2.38. The number of likely N-dealkylation sites (N-methyl/N-ethyl adjacent to an activating group) is 1. The molecule has 1 fully saturated rings. The van der Waals surface area contributed by atoms with Gasteiger partial charge in [0.15, 0.2) is 0 Å². The van der Waals surface area contributed by atoms with Crippen LogP contribution in [0.3, 0.4) is 0 Å². The van der Waals surface area contributed by atoms with Gasteiger partial charge in [0.25, 0.3) is 0 Å². The second kappa shape index (κ2) is 4.24. The molecule has 2 heteroatoms. The molecule has 0 aromatic carbocycles. The second-order valence-corrected chi connectivity index (χ2v) is 4.22. The number of nitrogens with zero attached hydrogens (tertiary/aromatic N) is 2. The first-order valence-electron chi connectivity index (χ1n) is 5.26. The maximum Gasteiger partial charge on any atom is 0.0914 e. The minimum absolute atomic E-state index is 1.28. The minimum Gasteiger partial charge on any atom is -0.324 e. The summed E-state index contributed by atoms with van der Waals surface area (Å²) in [5, 5.41) is 0. The molecule has 0 N–H and O–H groups in total. The van der Waals surface area contributed by atoms with E-state index in [9.17, 15) is 0 Å². The largest absolute Gasteiger partial charge is 0.324 e. The molecule has 1 aliphatic rings. The number of piperazine rings is 1. The van der Waals surface area contributed by atoms with Gasteiger partial charge in [-0.1, -0.05) is 6.92 Å². The van der Waals surface area contributed by atoms with E-state index in [0.717, 1.165) is 0 Å². The highest BCUT2D eigenvalue weighted by molar-refractivity contribution is 4.61. The molecule has 1 rings (SSSR count). The van der Waals surface area contributed by atoms with E-state index in [4.69, 9.17) is 0 Å².